The van der Waals surface area contributed by atoms with Crippen LogP contribution in [0.3, 0.4) is 0 Å². The molecule has 1 N–H and O–H groups in total. The summed E-state index contributed by atoms with van der Waals surface area (Å²) in [6.45, 7) is 1.95. The van der Waals surface area contributed by atoms with Crippen molar-refractivity contribution in [3.63, 3.8) is 0 Å². The molecule has 0 spiro atoms. The predicted octanol–water partition coefficient (Wildman–Crippen LogP) is 1.71. The second-order valence-corrected chi connectivity index (χ2v) is 5.14. The number of hydrogen-bond donors (Lipinski definition) is 1. The van der Waals surface area contributed by atoms with Gasteiger partial charge in [-0.25, -0.2) is 4.39 Å². The molecule has 0 saturated heterocycles. The van der Waals surface area contributed by atoms with Crippen LogP contribution in [0.4, 0.5) is 10.1 Å². The minimum absolute atomic E-state index is 0.0417. The van der Waals surface area contributed by atoms with E-state index in [0.29, 0.717) is 13.1 Å². The molecule has 1 aromatic carbocycles. The zero-order valence-electron chi connectivity index (χ0n) is 10.3. The van der Waals surface area contributed by atoms with Crippen LogP contribution in [0.25, 0.3) is 0 Å². The van der Waals surface area contributed by atoms with E-state index in [4.69, 9.17) is 0 Å². The number of rotatable bonds is 4. The van der Waals surface area contributed by atoms with Gasteiger partial charge < -0.3 is 10.2 Å². The van der Waals surface area contributed by atoms with Crippen LogP contribution >= 0.6 is 0 Å². The minimum atomic E-state index is -0.278. The molecule has 96 valence electrons. The number of fused-ring (bicyclic) bond motifs is 1. The highest BCUT2D eigenvalue weighted by Gasteiger charge is 2.25. The van der Waals surface area contributed by atoms with Crippen molar-refractivity contribution in [2.75, 3.05) is 24.5 Å². The minimum Gasteiger partial charge on any atom is -0.311 e. The van der Waals surface area contributed by atoms with Crippen molar-refractivity contribution in [1.29, 1.82) is 0 Å². The van der Waals surface area contributed by atoms with Crippen molar-refractivity contribution in [1.82, 2.24) is 5.32 Å². The number of halogens is 1. The molecule has 0 bridgehead atoms. The van der Waals surface area contributed by atoms with Crippen molar-refractivity contribution >= 4 is 11.6 Å². The molecule has 4 heteroatoms. The Morgan fingerprint density at radius 2 is 2.28 bits per heavy atom. The highest BCUT2D eigenvalue weighted by Crippen LogP contribution is 2.29. The number of benzene rings is 1. The molecule has 0 radical (unpaired) electrons. The SMILES string of the molecule is O=C(CNCC1CC1)N1CCc2ccc(F)cc21. The van der Waals surface area contributed by atoms with Gasteiger partial charge in [-0.1, -0.05) is 6.07 Å². The van der Waals surface area contributed by atoms with Gasteiger partial charge in [0.25, 0.3) is 0 Å². The van der Waals surface area contributed by atoms with Crippen molar-refractivity contribution in [2.45, 2.75) is 19.3 Å². The van der Waals surface area contributed by atoms with Gasteiger partial charge in [-0.05, 0) is 49.4 Å². The van der Waals surface area contributed by atoms with Crippen LogP contribution in [0.15, 0.2) is 18.2 Å². The van der Waals surface area contributed by atoms with E-state index in [1.807, 2.05) is 0 Å². The first-order valence-corrected chi connectivity index (χ1v) is 6.53. The fourth-order valence-corrected chi connectivity index (χ4v) is 2.41. The van der Waals surface area contributed by atoms with E-state index < -0.39 is 0 Å². The third kappa shape index (κ3) is 2.38. The molecule has 0 unspecified atom stereocenters. The Hall–Kier alpha value is -1.42. The summed E-state index contributed by atoms with van der Waals surface area (Å²) in [6, 6.07) is 4.69. The lowest BCUT2D eigenvalue weighted by molar-refractivity contribution is -0.117. The highest BCUT2D eigenvalue weighted by atomic mass is 19.1. The summed E-state index contributed by atoms with van der Waals surface area (Å²) in [6.07, 6.45) is 3.38. The van der Waals surface area contributed by atoms with E-state index in [9.17, 15) is 9.18 Å². The predicted molar refractivity (Wildman–Crippen MR) is 68.1 cm³/mol. The maximum Gasteiger partial charge on any atom is 0.240 e. The molecule has 3 rings (SSSR count). The standard InChI is InChI=1S/C14H17FN2O/c15-12-4-3-11-5-6-17(13(11)7-12)14(18)9-16-8-10-1-2-10/h3-4,7,10,16H,1-2,5-6,8-9H2. The maximum atomic E-state index is 13.2. The average Bonchev–Trinajstić information content (AvgIpc) is 3.07. The van der Waals surface area contributed by atoms with Gasteiger partial charge in [-0.2, -0.15) is 0 Å². The second-order valence-electron chi connectivity index (χ2n) is 5.14. The van der Waals surface area contributed by atoms with E-state index in [2.05, 4.69) is 5.32 Å². The number of amides is 1. The van der Waals surface area contributed by atoms with E-state index in [0.717, 1.165) is 30.1 Å². The van der Waals surface area contributed by atoms with Gasteiger partial charge in [-0.3, -0.25) is 4.79 Å². The van der Waals surface area contributed by atoms with Crippen molar-refractivity contribution in [3.05, 3.63) is 29.6 Å². The molecule has 2 aliphatic rings. The van der Waals surface area contributed by atoms with Crippen molar-refractivity contribution in [3.8, 4) is 0 Å². The lowest BCUT2D eigenvalue weighted by atomic mass is 10.2. The monoisotopic (exact) mass is 248 g/mol. The third-order valence-corrected chi connectivity index (χ3v) is 3.65. The summed E-state index contributed by atoms with van der Waals surface area (Å²) in [5.41, 5.74) is 1.81. The Labute approximate surface area is 106 Å². The molecule has 3 nitrogen and oxygen atoms in total. The highest BCUT2D eigenvalue weighted by molar-refractivity contribution is 5.96. The van der Waals surface area contributed by atoms with Gasteiger partial charge in [0.15, 0.2) is 0 Å². The lowest BCUT2D eigenvalue weighted by Gasteiger charge is -2.17. The fourth-order valence-electron chi connectivity index (χ4n) is 2.41. The van der Waals surface area contributed by atoms with Crippen LogP contribution < -0.4 is 10.2 Å². The largest absolute Gasteiger partial charge is 0.311 e. The number of anilines is 1. The summed E-state index contributed by atoms with van der Waals surface area (Å²) in [5.74, 6) is 0.528. The molecule has 1 amide bonds. The fraction of sp³-hybridized carbons (Fsp3) is 0.500. The number of nitrogens with zero attached hydrogens (tertiary/aromatic N) is 1. The first-order chi connectivity index (χ1) is 8.74. The zero-order valence-corrected chi connectivity index (χ0v) is 10.3. The van der Waals surface area contributed by atoms with Gasteiger partial charge in [0.05, 0.1) is 6.54 Å². The topological polar surface area (TPSA) is 32.3 Å². The Bertz CT molecular complexity index is 471. The van der Waals surface area contributed by atoms with Gasteiger partial charge in [0.2, 0.25) is 5.91 Å². The molecular weight excluding hydrogens is 231 g/mol. The normalized spacial score (nSPS) is 17.9. The molecule has 0 atom stereocenters. The number of hydrogen-bond acceptors (Lipinski definition) is 2. The first kappa shape index (κ1) is 11.7. The van der Waals surface area contributed by atoms with Crippen LogP contribution in [0.1, 0.15) is 18.4 Å². The van der Waals surface area contributed by atoms with Crippen LogP contribution in [0.2, 0.25) is 0 Å². The molecule has 0 aromatic heterocycles. The van der Waals surface area contributed by atoms with Crippen LogP contribution in [0.5, 0.6) is 0 Å². The Balaban J connectivity index is 1.63. The van der Waals surface area contributed by atoms with E-state index in [1.54, 1.807) is 11.0 Å². The summed E-state index contributed by atoms with van der Waals surface area (Å²) < 4.78 is 13.2. The Morgan fingerprint density at radius 1 is 1.44 bits per heavy atom. The molecule has 1 fully saturated rings. The zero-order chi connectivity index (χ0) is 12.5. The average molecular weight is 248 g/mol. The Kier molecular flexibility index (Phi) is 3.04. The number of nitrogens with one attached hydrogen (secondary N) is 1. The lowest BCUT2D eigenvalue weighted by Crippen LogP contribution is -2.37. The number of carbonyl (C=O) groups excluding carboxylic acids is 1. The summed E-state index contributed by atoms with van der Waals surface area (Å²) >= 11 is 0. The van der Waals surface area contributed by atoms with Gasteiger partial charge >= 0.3 is 0 Å². The van der Waals surface area contributed by atoms with Gasteiger partial charge in [0.1, 0.15) is 5.82 Å². The molecule has 1 aliphatic carbocycles. The number of carbonyl (C=O) groups is 1. The second kappa shape index (κ2) is 4.69. The summed E-state index contributed by atoms with van der Waals surface area (Å²) in [5, 5.41) is 3.18. The maximum absolute atomic E-state index is 13.2. The van der Waals surface area contributed by atoms with Crippen LogP contribution in [0, 0.1) is 11.7 Å². The smallest absolute Gasteiger partial charge is 0.240 e. The van der Waals surface area contributed by atoms with Gasteiger partial charge in [-0.15, -0.1) is 0 Å². The quantitative estimate of drug-likeness (QED) is 0.880. The van der Waals surface area contributed by atoms with Gasteiger partial charge in [0, 0.05) is 12.2 Å². The van der Waals surface area contributed by atoms with E-state index in [1.165, 1.54) is 25.0 Å². The molecule has 18 heavy (non-hydrogen) atoms. The van der Waals surface area contributed by atoms with E-state index >= 15 is 0 Å². The van der Waals surface area contributed by atoms with Crippen molar-refractivity contribution in [2.24, 2.45) is 5.92 Å². The molecule has 1 saturated carbocycles. The molecular formula is C14H17FN2O. The van der Waals surface area contributed by atoms with E-state index in [-0.39, 0.29) is 11.7 Å². The molecule has 1 aliphatic heterocycles. The molecule has 1 aromatic rings. The Morgan fingerprint density at radius 3 is 3.06 bits per heavy atom. The summed E-state index contributed by atoms with van der Waals surface area (Å²) in [7, 11) is 0. The van der Waals surface area contributed by atoms with Crippen LogP contribution in [-0.2, 0) is 11.2 Å². The molecule has 1 heterocycles. The van der Waals surface area contributed by atoms with Crippen LogP contribution in [-0.4, -0.2) is 25.5 Å². The summed E-state index contributed by atoms with van der Waals surface area (Å²) in [4.78, 5) is 13.8. The first-order valence-electron chi connectivity index (χ1n) is 6.53. The third-order valence-electron chi connectivity index (χ3n) is 3.65. The van der Waals surface area contributed by atoms with Crippen molar-refractivity contribution < 1.29 is 9.18 Å².